The zero-order chi connectivity index (χ0) is 27.5. The third kappa shape index (κ3) is 5.70. The Bertz CT molecular complexity index is 1260. The number of anilines is 1. The minimum absolute atomic E-state index is 0.148. The van der Waals surface area contributed by atoms with Crippen molar-refractivity contribution >= 4 is 11.7 Å². The van der Waals surface area contributed by atoms with Gasteiger partial charge in [0, 0.05) is 56.4 Å². The highest BCUT2D eigenvalue weighted by atomic mass is 16.5. The molecule has 0 aliphatic carbocycles. The molecule has 3 aliphatic rings. The number of aromatic nitrogens is 2. The second-order valence-electron chi connectivity index (χ2n) is 10.7. The van der Waals surface area contributed by atoms with E-state index in [1.54, 1.807) is 11.0 Å². The van der Waals surface area contributed by atoms with Gasteiger partial charge >= 0.3 is 6.01 Å². The lowest BCUT2D eigenvalue weighted by atomic mass is 10.1. The monoisotopic (exact) mass is 531 g/mol. The van der Waals surface area contributed by atoms with Crippen LogP contribution in [-0.2, 0) is 24.4 Å². The Kier molecular flexibility index (Phi) is 8.00. The van der Waals surface area contributed by atoms with E-state index in [1.165, 1.54) is 6.08 Å². The summed E-state index contributed by atoms with van der Waals surface area (Å²) in [5.74, 6) is 0.962. The Hall–Kier alpha value is -3.68. The molecule has 39 heavy (non-hydrogen) atoms. The molecule has 2 saturated heterocycles. The van der Waals surface area contributed by atoms with Gasteiger partial charge in [-0.25, -0.2) is 6.57 Å². The molecule has 0 spiro atoms. The molecule has 4 heterocycles. The van der Waals surface area contributed by atoms with Crippen LogP contribution in [0.4, 0.5) is 5.82 Å². The second-order valence-corrected chi connectivity index (χ2v) is 10.7. The number of hydrogen-bond acceptors (Lipinski definition) is 8. The fraction of sp³-hybridized carbons (Fsp3) is 0.517. The van der Waals surface area contributed by atoms with E-state index in [9.17, 15) is 9.90 Å². The van der Waals surface area contributed by atoms with Gasteiger partial charge in [-0.1, -0.05) is 18.7 Å². The topological polar surface area (TPSA) is 89.6 Å². The molecule has 10 nitrogen and oxygen atoms in total. The lowest BCUT2D eigenvalue weighted by Crippen LogP contribution is -2.56. The number of nitrogens with zero attached hydrogens (tertiary/aromatic N) is 7. The largest absolute Gasteiger partial charge is 0.508 e. The van der Waals surface area contributed by atoms with Crippen LogP contribution in [0.1, 0.15) is 35.2 Å². The highest BCUT2D eigenvalue weighted by Crippen LogP contribution is 2.34. The molecule has 1 amide bonds. The van der Waals surface area contributed by atoms with Crippen molar-refractivity contribution in [2.75, 3.05) is 51.3 Å². The zero-order valence-corrected chi connectivity index (χ0v) is 22.8. The number of carbonyl (C=O) groups excluding carboxylic acids is 1. The minimum atomic E-state index is -0.245. The summed E-state index contributed by atoms with van der Waals surface area (Å²) < 4.78 is 6.18. The summed E-state index contributed by atoms with van der Waals surface area (Å²) in [6, 6.07) is 6.07. The first-order chi connectivity index (χ1) is 18.9. The maximum Gasteiger partial charge on any atom is 0.318 e. The van der Waals surface area contributed by atoms with Gasteiger partial charge in [0.05, 0.1) is 5.69 Å². The number of fused-ring (bicyclic) bond motifs is 1. The van der Waals surface area contributed by atoms with Crippen molar-refractivity contribution < 1.29 is 14.6 Å². The number of aryl methyl sites for hydroxylation is 1. The van der Waals surface area contributed by atoms with Gasteiger partial charge in [0.2, 0.25) is 12.5 Å². The average Bonchev–Trinajstić information content (AvgIpc) is 3.54. The Balaban J connectivity index is 1.42. The maximum atomic E-state index is 12.5. The van der Waals surface area contributed by atoms with E-state index in [4.69, 9.17) is 21.3 Å². The molecule has 1 aromatic heterocycles. The van der Waals surface area contributed by atoms with Gasteiger partial charge in [-0.3, -0.25) is 9.69 Å². The van der Waals surface area contributed by atoms with Crippen molar-refractivity contribution in [3.05, 3.63) is 64.7 Å². The average molecular weight is 532 g/mol. The Morgan fingerprint density at radius 2 is 2.10 bits per heavy atom. The number of phenols is 1. The van der Waals surface area contributed by atoms with Crippen molar-refractivity contribution in [2.45, 2.75) is 51.5 Å². The molecule has 2 atom stereocenters. The first-order valence-corrected chi connectivity index (χ1v) is 13.6. The van der Waals surface area contributed by atoms with E-state index in [-0.39, 0.29) is 18.5 Å². The summed E-state index contributed by atoms with van der Waals surface area (Å²) in [5.41, 5.74) is 3.92. The van der Waals surface area contributed by atoms with Gasteiger partial charge in [-0.05, 0) is 51.1 Å². The van der Waals surface area contributed by atoms with Gasteiger partial charge in [0.1, 0.15) is 24.2 Å². The Morgan fingerprint density at radius 3 is 2.82 bits per heavy atom. The number of hydrogen-bond donors (Lipinski definition) is 1. The summed E-state index contributed by atoms with van der Waals surface area (Å²) in [6.45, 7) is 18.4. The van der Waals surface area contributed by atoms with Crippen LogP contribution in [0.25, 0.3) is 4.85 Å². The van der Waals surface area contributed by atoms with Crippen LogP contribution in [0.5, 0.6) is 11.8 Å². The summed E-state index contributed by atoms with van der Waals surface area (Å²) in [6.07, 6.45) is 3.58. The number of amides is 1. The second kappa shape index (κ2) is 11.6. The molecule has 206 valence electrons. The Morgan fingerprint density at radius 1 is 1.26 bits per heavy atom. The molecule has 0 radical (unpaired) electrons. The Labute approximate surface area is 230 Å². The molecule has 1 N–H and O–H groups in total. The first-order valence-electron chi connectivity index (χ1n) is 13.6. The van der Waals surface area contributed by atoms with Gasteiger partial charge in [0.25, 0.3) is 0 Å². The van der Waals surface area contributed by atoms with Crippen molar-refractivity contribution in [1.82, 2.24) is 24.7 Å². The SMILES string of the molecule is [C-]#[N+]C[C@H]1CN(c2nc(OC[C@@H]3CCCN3C)nc3c2CN(Cc2c(C)cccc2O)C3)CCN1C(=O)C=C. The normalized spacial score (nSPS) is 21.6. The number of benzene rings is 1. The molecule has 0 unspecified atom stereocenters. The summed E-state index contributed by atoms with van der Waals surface area (Å²) in [7, 11) is 2.12. The lowest BCUT2D eigenvalue weighted by Gasteiger charge is -2.40. The predicted octanol–water partition coefficient (Wildman–Crippen LogP) is 2.60. The molecule has 0 bridgehead atoms. The van der Waals surface area contributed by atoms with Crippen molar-refractivity contribution in [3.8, 4) is 11.8 Å². The maximum absolute atomic E-state index is 12.5. The summed E-state index contributed by atoms with van der Waals surface area (Å²) >= 11 is 0. The number of phenolic OH excluding ortho intramolecular Hbond substituents is 1. The van der Waals surface area contributed by atoms with Crippen molar-refractivity contribution in [2.24, 2.45) is 0 Å². The molecule has 2 fully saturated rings. The number of ether oxygens (including phenoxy) is 1. The number of piperazine rings is 1. The van der Waals surface area contributed by atoms with Crippen LogP contribution in [0.2, 0.25) is 0 Å². The van der Waals surface area contributed by atoms with Gasteiger partial charge < -0.3 is 29.4 Å². The summed E-state index contributed by atoms with van der Waals surface area (Å²) in [4.78, 5) is 34.3. The van der Waals surface area contributed by atoms with E-state index < -0.39 is 0 Å². The number of likely N-dealkylation sites (N-methyl/N-ethyl adjacent to an activating group) is 1. The van der Waals surface area contributed by atoms with E-state index in [1.807, 2.05) is 19.1 Å². The molecular weight excluding hydrogens is 494 g/mol. The quantitative estimate of drug-likeness (QED) is 0.411. The third-order valence-corrected chi connectivity index (χ3v) is 8.19. The summed E-state index contributed by atoms with van der Waals surface area (Å²) in [5, 5.41) is 10.5. The molecule has 5 rings (SSSR count). The van der Waals surface area contributed by atoms with Crippen LogP contribution in [0.15, 0.2) is 30.9 Å². The molecule has 0 saturated carbocycles. The van der Waals surface area contributed by atoms with Gasteiger partial charge in [0.15, 0.2) is 0 Å². The smallest absolute Gasteiger partial charge is 0.318 e. The van der Waals surface area contributed by atoms with E-state index in [0.717, 1.165) is 47.6 Å². The standard InChI is InChI=1S/C29H37N7O3/c1-5-27(38)36-13-12-35(15-22(36)14-30-3)28-24-17-34(16-23-20(2)8-6-10-26(23)37)18-25(24)31-29(32-28)39-19-21-9-7-11-33(21)4/h5-6,8,10,21-22,37H,1,7,9,11-19H2,2,4H3/t21-,22-/m0/s1. The first kappa shape index (κ1) is 26.9. The number of aromatic hydroxyl groups is 1. The molecule has 2 aromatic rings. The van der Waals surface area contributed by atoms with Crippen LogP contribution in [-0.4, -0.2) is 94.1 Å². The predicted molar refractivity (Wildman–Crippen MR) is 148 cm³/mol. The van der Waals surface area contributed by atoms with Crippen LogP contribution >= 0.6 is 0 Å². The van der Waals surface area contributed by atoms with Gasteiger partial charge in [-0.15, -0.1) is 0 Å². The van der Waals surface area contributed by atoms with Crippen LogP contribution < -0.4 is 9.64 Å². The van der Waals surface area contributed by atoms with Crippen LogP contribution in [0, 0.1) is 13.5 Å². The molecule has 1 aromatic carbocycles. The number of carbonyl (C=O) groups is 1. The fourth-order valence-corrected chi connectivity index (χ4v) is 5.91. The van der Waals surface area contributed by atoms with E-state index in [0.29, 0.717) is 63.7 Å². The number of likely N-dealkylation sites (tertiary alicyclic amines) is 1. The third-order valence-electron chi connectivity index (χ3n) is 8.19. The zero-order valence-electron chi connectivity index (χ0n) is 22.8. The fourth-order valence-electron chi connectivity index (χ4n) is 5.91. The molecule has 3 aliphatic heterocycles. The highest BCUT2D eigenvalue weighted by molar-refractivity contribution is 5.87. The van der Waals surface area contributed by atoms with Crippen LogP contribution in [0.3, 0.4) is 0 Å². The minimum Gasteiger partial charge on any atom is -0.508 e. The number of rotatable bonds is 8. The van der Waals surface area contributed by atoms with E-state index in [2.05, 4.69) is 33.2 Å². The van der Waals surface area contributed by atoms with Gasteiger partial charge in [-0.2, -0.15) is 9.97 Å². The van der Waals surface area contributed by atoms with E-state index >= 15 is 0 Å². The molecular formula is C29H37N7O3. The van der Waals surface area contributed by atoms with Crippen molar-refractivity contribution in [3.63, 3.8) is 0 Å². The lowest BCUT2D eigenvalue weighted by molar-refractivity contribution is -0.128. The highest BCUT2D eigenvalue weighted by Gasteiger charge is 2.36. The van der Waals surface area contributed by atoms with Crippen molar-refractivity contribution in [1.29, 1.82) is 0 Å². The molecule has 10 heteroatoms.